The minimum atomic E-state index is -4.42. The van der Waals surface area contributed by atoms with Crippen LogP contribution in [0.5, 0.6) is 0 Å². The first kappa shape index (κ1) is 25.6. The van der Waals surface area contributed by atoms with Crippen LogP contribution in [0.3, 0.4) is 0 Å². The quantitative estimate of drug-likeness (QED) is 0.379. The first-order valence-corrected chi connectivity index (χ1v) is 11.9. The van der Waals surface area contributed by atoms with Gasteiger partial charge in [0.2, 0.25) is 5.89 Å². The Morgan fingerprint density at radius 2 is 2.03 bits per heavy atom. The Hall–Kier alpha value is -3.53. The number of aromatic nitrogens is 3. The molecule has 192 valence electrons. The number of piperidine rings is 1. The Kier molecular flexibility index (Phi) is 7.83. The number of allylic oxidation sites excluding steroid dienone is 4. The number of alkyl halides is 3. The van der Waals surface area contributed by atoms with Crippen LogP contribution in [0.25, 0.3) is 22.5 Å². The fraction of sp³-hybridized carbons (Fsp3) is 0.385. The average molecular weight is 501 g/mol. The summed E-state index contributed by atoms with van der Waals surface area (Å²) in [7, 11) is 2.09. The molecule has 0 unspecified atom stereocenters. The van der Waals surface area contributed by atoms with Crippen molar-refractivity contribution < 1.29 is 17.6 Å². The Morgan fingerprint density at radius 3 is 2.72 bits per heavy atom. The third kappa shape index (κ3) is 6.17. The lowest BCUT2D eigenvalue weighted by Crippen LogP contribution is -2.36. The highest BCUT2D eigenvalue weighted by atomic mass is 19.4. The molecule has 0 saturated carbocycles. The number of halogens is 3. The lowest BCUT2D eigenvalue weighted by molar-refractivity contribution is -0.139. The molecule has 0 radical (unpaired) electrons. The van der Waals surface area contributed by atoms with Crippen molar-refractivity contribution in [3.05, 3.63) is 66.7 Å². The van der Waals surface area contributed by atoms with Gasteiger partial charge in [-0.05, 0) is 64.2 Å². The Bertz CT molecular complexity index is 1250. The number of likely N-dealkylation sites (tertiary alicyclic amines) is 1. The van der Waals surface area contributed by atoms with Crippen molar-refractivity contribution >= 4 is 16.6 Å². The predicted octanol–water partition coefficient (Wildman–Crippen LogP) is 5.50. The van der Waals surface area contributed by atoms with Gasteiger partial charge in [-0.2, -0.15) is 13.2 Å². The number of nitrogens with zero attached hydrogens (tertiary/aromatic N) is 4. The van der Waals surface area contributed by atoms with Crippen molar-refractivity contribution in [3.63, 3.8) is 0 Å². The van der Waals surface area contributed by atoms with E-state index in [9.17, 15) is 13.2 Å². The molecule has 2 aromatic heterocycles. The zero-order valence-corrected chi connectivity index (χ0v) is 20.5. The van der Waals surface area contributed by atoms with Crippen LogP contribution in [-0.2, 0) is 13.1 Å². The van der Waals surface area contributed by atoms with Crippen LogP contribution in [0.1, 0.15) is 25.7 Å². The SMILES string of the molecule is C=C/C=C\C(=C/C)NCc1nnc(-c2cc3c(NC4CCN(C)CC4)cccc3n2CC(F)(F)F)o1. The molecule has 36 heavy (non-hydrogen) atoms. The molecule has 2 N–H and O–H groups in total. The summed E-state index contributed by atoms with van der Waals surface area (Å²) in [4.78, 5) is 2.27. The van der Waals surface area contributed by atoms with E-state index in [0.29, 0.717) is 10.9 Å². The van der Waals surface area contributed by atoms with Gasteiger partial charge in [-0.25, -0.2) is 0 Å². The molecule has 1 aliphatic rings. The molecule has 0 aliphatic carbocycles. The number of hydrogen-bond donors (Lipinski definition) is 2. The fourth-order valence-corrected chi connectivity index (χ4v) is 4.35. The minimum absolute atomic E-state index is 0.0427. The third-order valence-electron chi connectivity index (χ3n) is 6.21. The second-order valence-corrected chi connectivity index (χ2v) is 8.88. The van der Waals surface area contributed by atoms with Gasteiger partial charge in [0.05, 0.1) is 12.1 Å². The summed E-state index contributed by atoms with van der Waals surface area (Å²) in [6.45, 7) is 6.55. The van der Waals surface area contributed by atoms with E-state index in [4.69, 9.17) is 4.42 Å². The zero-order valence-electron chi connectivity index (χ0n) is 20.5. The summed E-state index contributed by atoms with van der Waals surface area (Å²) in [6.07, 6.45) is 4.68. The van der Waals surface area contributed by atoms with E-state index in [1.54, 1.807) is 30.4 Å². The van der Waals surface area contributed by atoms with Crippen molar-refractivity contribution in [1.29, 1.82) is 0 Å². The lowest BCUT2D eigenvalue weighted by Gasteiger charge is -2.30. The highest BCUT2D eigenvalue weighted by Crippen LogP contribution is 2.35. The van der Waals surface area contributed by atoms with E-state index >= 15 is 0 Å². The zero-order chi connectivity index (χ0) is 25.7. The van der Waals surface area contributed by atoms with Crippen LogP contribution in [0, 0.1) is 0 Å². The maximum atomic E-state index is 13.6. The van der Waals surface area contributed by atoms with Crippen molar-refractivity contribution in [2.75, 3.05) is 25.5 Å². The number of rotatable bonds is 9. The van der Waals surface area contributed by atoms with Gasteiger partial charge in [0.15, 0.2) is 0 Å². The number of hydrogen-bond acceptors (Lipinski definition) is 6. The lowest BCUT2D eigenvalue weighted by atomic mass is 10.0. The van der Waals surface area contributed by atoms with Gasteiger partial charge in [0.1, 0.15) is 12.2 Å². The summed E-state index contributed by atoms with van der Waals surface area (Å²) in [6, 6.07) is 7.33. The highest BCUT2D eigenvalue weighted by Gasteiger charge is 2.31. The third-order valence-corrected chi connectivity index (χ3v) is 6.21. The van der Waals surface area contributed by atoms with Crippen LogP contribution in [0.4, 0.5) is 18.9 Å². The molecule has 1 saturated heterocycles. The smallest absolute Gasteiger partial charge is 0.406 e. The predicted molar refractivity (Wildman–Crippen MR) is 135 cm³/mol. The molecule has 0 spiro atoms. The molecule has 1 aromatic carbocycles. The van der Waals surface area contributed by atoms with Crippen molar-refractivity contribution in [2.45, 2.75) is 45.1 Å². The van der Waals surface area contributed by atoms with E-state index in [1.165, 1.54) is 4.57 Å². The largest absolute Gasteiger partial charge is 0.417 e. The normalized spacial score (nSPS) is 16.2. The molecule has 3 heterocycles. The van der Waals surface area contributed by atoms with Gasteiger partial charge in [-0.15, -0.1) is 10.2 Å². The molecular formula is C26H31F3N6O. The van der Waals surface area contributed by atoms with Gasteiger partial charge in [0, 0.05) is 22.8 Å². The molecule has 0 amide bonds. The van der Waals surface area contributed by atoms with E-state index < -0.39 is 12.7 Å². The van der Waals surface area contributed by atoms with Gasteiger partial charge < -0.3 is 24.5 Å². The van der Waals surface area contributed by atoms with Crippen LogP contribution in [-0.4, -0.2) is 52.0 Å². The summed E-state index contributed by atoms with van der Waals surface area (Å²) in [5.74, 6) is 0.311. The Balaban J connectivity index is 1.64. The fourth-order valence-electron chi connectivity index (χ4n) is 4.35. The molecule has 10 heteroatoms. The van der Waals surface area contributed by atoms with Gasteiger partial charge in [0.25, 0.3) is 5.89 Å². The maximum Gasteiger partial charge on any atom is 0.406 e. The van der Waals surface area contributed by atoms with Crippen molar-refractivity contribution in [2.24, 2.45) is 0 Å². The summed E-state index contributed by atoms with van der Waals surface area (Å²) >= 11 is 0. The number of benzene rings is 1. The van der Waals surface area contributed by atoms with E-state index in [1.807, 2.05) is 25.1 Å². The first-order valence-electron chi connectivity index (χ1n) is 11.9. The number of anilines is 1. The summed E-state index contributed by atoms with van der Waals surface area (Å²) < 4.78 is 47.7. The highest BCUT2D eigenvalue weighted by molar-refractivity contribution is 5.96. The molecule has 1 fully saturated rings. The van der Waals surface area contributed by atoms with Crippen LogP contribution in [0.15, 0.2) is 65.3 Å². The Labute approximate surface area is 208 Å². The minimum Gasteiger partial charge on any atom is -0.417 e. The summed E-state index contributed by atoms with van der Waals surface area (Å²) in [5.41, 5.74) is 2.32. The number of fused-ring (bicyclic) bond motifs is 1. The van der Waals surface area contributed by atoms with Gasteiger partial charge in [-0.1, -0.05) is 30.9 Å². The molecule has 1 aliphatic heterocycles. The van der Waals surface area contributed by atoms with Crippen LogP contribution >= 0.6 is 0 Å². The van der Waals surface area contributed by atoms with Gasteiger partial charge >= 0.3 is 6.18 Å². The second-order valence-electron chi connectivity index (χ2n) is 8.88. The number of nitrogens with one attached hydrogen (secondary N) is 2. The second kappa shape index (κ2) is 11.0. The molecule has 3 aromatic rings. The molecule has 7 nitrogen and oxygen atoms in total. The molecular weight excluding hydrogens is 469 g/mol. The first-order chi connectivity index (χ1) is 17.3. The van der Waals surface area contributed by atoms with E-state index in [0.717, 1.165) is 37.3 Å². The maximum absolute atomic E-state index is 13.6. The topological polar surface area (TPSA) is 71.2 Å². The molecule has 0 atom stereocenters. The van der Waals surface area contributed by atoms with Gasteiger partial charge in [-0.3, -0.25) is 0 Å². The molecule has 0 bridgehead atoms. The van der Waals surface area contributed by atoms with Crippen LogP contribution < -0.4 is 10.6 Å². The molecule has 4 rings (SSSR count). The Morgan fingerprint density at radius 1 is 1.25 bits per heavy atom. The summed E-state index contributed by atoms with van der Waals surface area (Å²) in [5, 5.41) is 15.5. The van der Waals surface area contributed by atoms with Crippen LogP contribution in [0.2, 0.25) is 0 Å². The monoisotopic (exact) mass is 500 g/mol. The average Bonchev–Trinajstić information content (AvgIpc) is 3.45. The standard InChI is InChI=1S/C26H31F3N6O/c1-4-6-8-18(5-2)30-16-24-32-33-25(36-24)23-15-20-21(31-19-11-13-34(3)14-12-19)9-7-10-22(20)35(23)17-26(27,28)29/h4-10,15,19,30-31H,1,11-14,16-17H2,2-3H3/b8-6-,18-5+. The van der Waals surface area contributed by atoms with Crippen molar-refractivity contribution in [1.82, 2.24) is 25.0 Å². The van der Waals surface area contributed by atoms with E-state index in [-0.39, 0.29) is 30.1 Å². The van der Waals surface area contributed by atoms with Crippen molar-refractivity contribution in [3.8, 4) is 11.6 Å². The van der Waals surface area contributed by atoms with E-state index in [2.05, 4.69) is 39.4 Å².